The minimum absolute atomic E-state index is 0.119. The molecule has 6 heteroatoms. The number of hydrogen-bond donors (Lipinski definition) is 2. The standard InChI is InChI=1S/C14H17NO5/c1-10(16)15(8-11-5-3-2-4-6-11)9-12(14(19)20)7-13(17)18/h2-6,12H,7-9H2,1H3,(H,17,18)(H,19,20)/t12-/m1/s1. The predicted octanol–water partition coefficient (Wildman–Crippen LogP) is 1.21. The molecule has 108 valence electrons. The van der Waals surface area contributed by atoms with Crippen LogP contribution >= 0.6 is 0 Å². The van der Waals surface area contributed by atoms with E-state index in [0.717, 1.165) is 5.56 Å². The molecule has 1 aromatic carbocycles. The molecule has 0 aliphatic rings. The molecule has 0 heterocycles. The van der Waals surface area contributed by atoms with Gasteiger partial charge in [0, 0.05) is 20.0 Å². The van der Waals surface area contributed by atoms with Crippen molar-refractivity contribution in [3.63, 3.8) is 0 Å². The van der Waals surface area contributed by atoms with Crippen LogP contribution in [0.25, 0.3) is 0 Å². The first-order valence-electron chi connectivity index (χ1n) is 6.14. The maximum atomic E-state index is 11.6. The Kier molecular flexibility index (Phi) is 5.71. The lowest BCUT2D eigenvalue weighted by Gasteiger charge is -2.24. The van der Waals surface area contributed by atoms with Crippen molar-refractivity contribution >= 4 is 17.8 Å². The molecule has 0 saturated carbocycles. The first-order chi connectivity index (χ1) is 9.40. The Hall–Kier alpha value is -2.37. The quantitative estimate of drug-likeness (QED) is 0.782. The van der Waals surface area contributed by atoms with Gasteiger partial charge >= 0.3 is 11.9 Å². The van der Waals surface area contributed by atoms with E-state index in [-0.39, 0.29) is 19.0 Å². The fourth-order valence-corrected chi connectivity index (χ4v) is 1.82. The molecule has 6 nitrogen and oxygen atoms in total. The zero-order valence-electron chi connectivity index (χ0n) is 11.2. The van der Waals surface area contributed by atoms with Crippen molar-refractivity contribution in [1.82, 2.24) is 4.90 Å². The van der Waals surface area contributed by atoms with E-state index in [1.807, 2.05) is 30.3 Å². The summed E-state index contributed by atoms with van der Waals surface area (Å²) in [5.74, 6) is -3.81. The summed E-state index contributed by atoms with van der Waals surface area (Å²) in [5.41, 5.74) is 0.863. The molecule has 2 N–H and O–H groups in total. The normalized spacial score (nSPS) is 11.7. The van der Waals surface area contributed by atoms with E-state index >= 15 is 0 Å². The molecular weight excluding hydrogens is 262 g/mol. The molecule has 0 bridgehead atoms. The monoisotopic (exact) mass is 279 g/mol. The number of rotatable bonds is 7. The Morgan fingerprint density at radius 3 is 2.20 bits per heavy atom. The average Bonchev–Trinajstić information content (AvgIpc) is 2.37. The topological polar surface area (TPSA) is 94.9 Å². The average molecular weight is 279 g/mol. The van der Waals surface area contributed by atoms with Gasteiger partial charge in [-0.3, -0.25) is 14.4 Å². The second kappa shape index (κ2) is 7.28. The summed E-state index contributed by atoms with van der Waals surface area (Å²) in [6.07, 6.45) is -0.506. The van der Waals surface area contributed by atoms with Gasteiger partial charge in [-0.15, -0.1) is 0 Å². The Morgan fingerprint density at radius 1 is 1.15 bits per heavy atom. The SMILES string of the molecule is CC(=O)N(Cc1ccccc1)C[C@@H](CC(=O)O)C(=O)O. The Labute approximate surface area is 116 Å². The molecule has 0 unspecified atom stereocenters. The Bertz CT molecular complexity index is 486. The zero-order valence-corrected chi connectivity index (χ0v) is 11.2. The van der Waals surface area contributed by atoms with Crippen molar-refractivity contribution in [2.24, 2.45) is 5.92 Å². The van der Waals surface area contributed by atoms with Gasteiger partial charge in [0.15, 0.2) is 0 Å². The molecule has 0 aliphatic heterocycles. The van der Waals surface area contributed by atoms with Crippen molar-refractivity contribution in [3.8, 4) is 0 Å². The lowest BCUT2D eigenvalue weighted by atomic mass is 10.0. The molecule has 1 rings (SSSR count). The van der Waals surface area contributed by atoms with Crippen molar-refractivity contribution < 1.29 is 24.6 Å². The maximum absolute atomic E-state index is 11.6. The highest BCUT2D eigenvalue weighted by molar-refractivity contribution is 5.79. The molecule has 0 saturated heterocycles. The summed E-state index contributed by atoms with van der Waals surface area (Å²) in [6, 6.07) is 9.12. The van der Waals surface area contributed by atoms with E-state index in [0.29, 0.717) is 0 Å². The molecule has 1 amide bonds. The fraction of sp³-hybridized carbons (Fsp3) is 0.357. The first kappa shape index (κ1) is 15.7. The number of carboxylic acids is 2. The second-order valence-corrected chi connectivity index (χ2v) is 4.52. The van der Waals surface area contributed by atoms with Crippen LogP contribution < -0.4 is 0 Å². The smallest absolute Gasteiger partial charge is 0.308 e. The van der Waals surface area contributed by atoms with E-state index in [1.54, 1.807) is 0 Å². The van der Waals surface area contributed by atoms with Gasteiger partial charge in [-0.05, 0) is 5.56 Å². The van der Waals surface area contributed by atoms with Crippen LogP contribution in [0.4, 0.5) is 0 Å². The lowest BCUT2D eigenvalue weighted by molar-refractivity contribution is -0.150. The molecular formula is C14H17NO5. The summed E-state index contributed by atoms with van der Waals surface area (Å²) in [4.78, 5) is 34.6. The number of aliphatic carboxylic acids is 2. The first-order valence-corrected chi connectivity index (χ1v) is 6.14. The number of carbonyl (C=O) groups excluding carboxylic acids is 1. The van der Waals surface area contributed by atoms with Gasteiger partial charge in [0.2, 0.25) is 5.91 Å². The third kappa shape index (κ3) is 5.09. The third-order valence-corrected chi connectivity index (χ3v) is 2.87. The summed E-state index contributed by atoms with van der Waals surface area (Å²) < 4.78 is 0. The van der Waals surface area contributed by atoms with Crippen LogP contribution in [0.5, 0.6) is 0 Å². The van der Waals surface area contributed by atoms with Crippen LogP contribution in [0, 0.1) is 5.92 Å². The van der Waals surface area contributed by atoms with Gasteiger partial charge in [0.05, 0.1) is 12.3 Å². The van der Waals surface area contributed by atoms with Crippen LogP contribution in [-0.2, 0) is 20.9 Å². The lowest BCUT2D eigenvalue weighted by Crippen LogP contribution is -2.37. The molecule has 1 aromatic rings. The third-order valence-electron chi connectivity index (χ3n) is 2.87. The molecule has 20 heavy (non-hydrogen) atoms. The van der Waals surface area contributed by atoms with E-state index in [2.05, 4.69) is 0 Å². The Balaban J connectivity index is 2.77. The second-order valence-electron chi connectivity index (χ2n) is 4.52. The van der Waals surface area contributed by atoms with Gasteiger partial charge < -0.3 is 15.1 Å². The fourth-order valence-electron chi connectivity index (χ4n) is 1.82. The van der Waals surface area contributed by atoms with Crippen LogP contribution in [0.15, 0.2) is 30.3 Å². The molecule has 0 radical (unpaired) electrons. The van der Waals surface area contributed by atoms with Crippen LogP contribution in [0.3, 0.4) is 0 Å². The van der Waals surface area contributed by atoms with Gasteiger partial charge in [0.1, 0.15) is 0 Å². The number of hydrogen-bond acceptors (Lipinski definition) is 3. The summed E-state index contributed by atoms with van der Waals surface area (Å²) in [7, 11) is 0. The predicted molar refractivity (Wildman–Crippen MR) is 70.9 cm³/mol. The maximum Gasteiger partial charge on any atom is 0.308 e. The summed E-state index contributed by atoms with van der Waals surface area (Å²) in [5, 5.41) is 17.7. The molecule has 1 atom stereocenters. The van der Waals surface area contributed by atoms with Gasteiger partial charge in [-0.25, -0.2) is 0 Å². The van der Waals surface area contributed by atoms with Crippen molar-refractivity contribution in [3.05, 3.63) is 35.9 Å². The van der Waals surface area contributed by atoms with Crippen LogP contribution in [0.1, 0.15) is 18.9 Å². The number of nitrogens with zero attached hydrogens (tertiary/aromatic N) is 1. The zero-order chi connectivity index (χ0) is 15.1. The van der Waals surface area contributed by atoms with Gasteiger partial charge in [0.25, 0.3) is 0 Å². The number of benzene rings is 1. The molecule has 0 fully saturated rings. The highest BCUT2D eigenvalue weighted by Crippen LogP contribution is 2.11. The molecule has 0 aromatic heterocycles. The van der Waals surface area contributed by atoms with Gasteiger partial charge in [-0.2, -0.15) is 0 Å². The number of carbonyl (C=O) groups is 3. The van der Waals surface area contributed by atoms with Crippen LogP contribution in [0.2, 0.25) is 0 Å². The van der Waals surface area contributed by atoms with E-state index < -0.39 is 24.3 Å². The van der Waals surface area contributed by atoms with E-state index in [1.165, 1.54) is 11.8 Å². The van der Waals surface area contributed by atoms with Crippen molar-refractivity contribution in [1.29, 1.82) is 0 Å². The van der Waals surface area contributed by atoms with Gasteiger partial charge in [-0.1, -0.05) is 30.3 Å². The minimum Gasteiger partial charge on any atom is -0.481 e. The molecule has 0 spiro atoms. The summed E-state index contributed by atoms with van der Waals surface area (Å²) in [6.45, 7) is 1.48. The van der Waals surface area contributed by atoms with E-state index in [9.17, 15) is 14.4 Å². The van der Waals surface area contributed by atoms with E-state index in [4.69, 9.17) is 10.2 Å². The molecule has 0 aliphatic carbocycles. The van der Waals surface area contributed by atoms with Crippen molar-refractivity contribution in [2.75, 3.05) is 6.54 Å². The Morgan fingerprint density at radius 2 is 1.75 bits per heavy atom. The van der Waals surface area contributed by atoms with Crippen molar-refractivity contribution in [2.45, 2.75) is 19.9 Å². The highest BCUT2D eigenvalue weighted by atomic mass is 16.4. The largest absolute Gasteiger partial charge is 0.481 e. The number of amides is 1. The highest BCUT2D eigenvalue weighted by Gasteiger charge is 2.25. The summed E-state index contributed by atoms with van der Waals surface area (Å²) >= 11 is 0. The van der Waals surface area contributed by atoms with Crippen LogP contribution in [-0.4, -0.2) is 39.5 Å². The minimum atomic E-state index is -1.22. The number of carboxylic acid groups (broad SMARTS) is 2.